The fraction of sp³-hybridized carbons (Fsp3) is 0.333. The maximum absolute atomic E-state index is 13.3. The zero-order chi connectivity index (χ0) is 22.3. The topological polar surface area (TPSA) is 86.5 Å². The van der Waals surface area contributed by atoms with Gasteiger partial charge < -0.3 is 14.4 Å². The zero-order valence-electron chi connectivity index (χ0n) is 18.0. The van der Waals surface area contributed by atoms with E-state index in [2.05, 4.69) is 10.3 Å². The van der Waals surface area contributed by atoms with E-state index in [9.17, 15) is 9.59 Å². The molecule has 0 unspecified atom stereocenters. The largest absolute Gasteiger partial charge is 0.466 e. The highest BCUT2D eigenvalue weighted by molar-refractivity contribution is 5.92. The van der Waals surface area contributed by atoms with Gasteiger partial charge in [0.15, 0.2) is 5.69 Å². The standard InChI is InChI=1S/C24H26N4O4/c1-2-32-22(29)15-20-17-31-14-13-27(20)24(30)21-16-28(26-25-21)23(18-9-5-3-6-10-18)19-11-7-4-8-12-19/h3-12,16,20,23H,2,13-15,17H2,1H3/t20-/m1/s1. The third-order valence-electron chi connectivity index (χ3n) is 5.42. The summed E-state index contributed by atoms with van der Waals surface area (Å²) >= 11 is 0. The van der Waals surface area contributed by atoms with Gasteiger partial charge in [-0.25, -0.2) is 4.68 Å². The van der Waals surface area contributed by atoms with Crippen LogP contribution in [0.4, 0.5) is 0 Å². The Hall–Kier alpha value is -3.52. The first-order valence-corrected chi connectivity index (χ1v) is 10.7. The summed E-state index contributed by atoms with van der Waals surface area (Å²) in [5.41, 5.74) is 2.31. The normalized spacial score (nSPS) is 16.2. The van der Waals surface area contributed by atoms with Crippen molar-refractivity contribution in [2.75, 3.05) is 26.4 Å². The Morgan fingerprint density at radius 1 is 1.09 bits per heavy atom. The first kappa shape index (κ1) is 21.7. The number of amides is 1. The zero-order valence-corrected chi connectivity index (χ0v) is 18.0. The van der Waals surface area contributed by atoms with Crippen LogP contribution < -0.4 is 0 Å². The van der Waals surface area contributed by atoms with Crippen LogP contribution in [0.15, 0.2) is 66.9 Å². The number of hydrogen-bond acceptors (Lipinski definition) is 6. The Labute approximate surface area is 186 Å². The molecule has 1 fully saturated rings. The molecule has 0 bridgehead atoms. The molecule has 0 N–H and O–H groups in total. The molecule has 2 heterocycles. The third kappa shape index (κ3) is 4.86. The predicted octanol–water partition coefficient (Wildman–Crippen LogP) is 2.71. The molecule has 1 saturated heterocycles. The van der Waals surface area contributed by atoms with E-state index in [0.717, 1.165) is 11.1 Å². The highest BCUT2D eigenvalue weighted by atomic mass is 16.5. The Kier molecular flexibility index (Phi) is 6.91. The Morgan fingerprint density at radius 2 is 1.75 bits per heavy atom. The summed E-state index contributed by atoms with van der Waals surface area (Å²) in [6, 6.07) is 19.3. The molecule has 0 spiro atoms. The van der Waals surface area contributed by atoms with E-state index in [-0.39, 0.29) is 42.7 Å². The smallest absolute Gasteiger partial charge is 0.307 e. The highest BCUT2D eigenvalue weighted by Crippen LogP contribution is 2.26. The minimum absolute atomic E-state index is 0.0877. The Balaban J connectivity index is 1.59. The van der Waals surface area contributed by atoms with Gasteiger partial charge in [-0.15, -0.1) is 5.10 Å². The molecular formula is C24H26N4O4. The maximum atomic E-state index is 13.3. The lowest BCUT2D eigenvalue weighted by molar-refractivity contribution is -0.145. The molecule has 1 atom stereocenters. The number of rotatable bonds is 7. The van der Waals surface area contributed by atoms with E-state index in [0.29, 0.717) is 19.8 Å². The van der Waals surface area contributed by atoms with E-state index in [1.165, 1.54) is 0 Å². The van der Waals surface area contributed by atoms with Gasteiger partial charge in [0.25, 0.3) is 5.91 Å². The van der Waals surface area contributed by atoms with E-state index < -0.39 is 0 Å². The van der Waals surface area contributed by atoms with Crippen LogP contribution in [0.5, 0.6) is 0 Å². The fourth-order valence-electron chi connectivity index (χ4n) is 3.92. The van der Waals surface area contributed by atoms with Crippen LogP contribution in [0.3, 0.4) is 0 Å². The van der Waals surface area contributed by atoms with Crippen molar-refractivity contribution >= 4 is 11.9 Å². The fourth-order valence-corrected chi connectivity index (χ4v) is 3.92. The number of carbonyl (C=O) groups excluding carboxylic acids is 2. The number of benzene rings is 2. The van der Waals surface area contributed by atoms with Crippen LogP contribution in [-0.2, 0) is 14.3 Å². The van der Waals surface area contributed by atoms with E-state index in [1.807, 2.05) is 60.7 Å². The van der Waals surface area contributed by atoms with Crippen LogP contribution >= 0.6 is 0 Å². The van der Waals surface area contributed by atoms with E-state index in [1.54, 1.807) is 22.7 Å². The molecule has 2 aromatic carbocycles. The number of morpholine rings is 1. The van der Waals surface area contributed by atoms with Crippen molar-refractivity contribution in [3.63, 3.8) is 0 Å². The molecule has 1 aliphatic rings. The number of carbonyl (C=O) groups is 2. The quantitative estimate of drug-likeness (QED) is 0.532. The second-order valence-corrected chi connectivity index (χ2v) is 7.54. The van der Waals surface area contributed by atoms with Gasteiger partial charge >= 0.3 is 5.97 Å². The summed E-state index contributed by atoms with van der Waals surface area (Å²) in [6.45, 7) is 3.14. The Morgan fingerprint density at radius 3 is 2.38 bits per heavy atom. The molecule has 1 aromatic heterocycles. The number of esters is 1. The number of hydrogen-bond donors (Lipinski definition) is 0. The number of ether oxygens (including phenoxy) is 2. The van der Waals surface area contributed by atoms with Crippen LogP contribution in [0.1, 0.15) is 41.0 Å². The summed E-state index contributed by atoms with van der Waals surface area (Å²) in [7, 11) is 0. The van der Waals surface area contributed by atoms with Crippen molar-refractivity contribution in [3.05, 3.63) is 83.7 Å². The molecule has 0 saturated carbocycles. The molecule has 0 aliphatic carbocycles. The van der Waals surface area contributed by atoms with E-state index >= 15 is 0 Å². The summed E-state index contributed by atoms with van der Waals surface area (Å²) in [4.78, 5) is 26.9. The molecule has 8 nitrogen and oxygen atoms in total. The molecule has 1 amide bonds. The van der Waals surface area contributed by atoms with Gasteiger partial charge in [0.1, 0.15) is 6.04 Å². The molecule has 1 aliphatic heterocycles. The lowest BCUT2D eigenvalue weighted by Crippen LogP contribution is -2.49. The Bertz CT molecular complexity index is 999. The van der Waals surface area contributed by atoms with Crippen molar-refractivity contribution in [1.29, 1.82) is 0 Å². The van der Waals surface area contributed by atoms with Crippen LogP contribution in [0.2, 0.25) is 0 Å². The van der Waals surface area contributed by atoms with Crippen molar-refractivity contribution < 1.29 is 19.1 Å². The average molecular weight is 434 g/mol. The second-order valence-electron chi connectivity index (χ2n) is 7.54. The lowest BCUT2D eigenvalue weighted by atomic mass is 9.99. The monoisotopic (exact) mass is 434 g/mol. The highest BCUT2D eigenvalue weighted by Gasteiger charge is 2.32. The molecule has 3 aromatic rings. The molecular weight excluding hydrogens is 408 g/mol. The summed E-state index contributed by atoms with van der Waals surface area (Å²) in [6.07, 6.45) is 1.76. The summed E-state index contributed by atoms with van der Waals surface area (Å²) in [5.74, 6) is -0.619. The molecule has 4 rings (SSSR count). The second kappa shape index (κ2) is 10.2. The van der Waals surface area contributed by atoms with Crippen LogP contribution in [-0.4, -0.2) is 64.2 Å². The summed E-state index contributed by atoms with van der Waals surface area (Å²) in [5, 5.41) is 8.47. The van der Waals surface area contributed by atoms with Gasteiger partial charge in [-0.3, -0.25) is 9.59 Å². The maximum Gasteiger partial charge on any atom is 0.307 e. The third-order valence-corrected chi connectivity index (χ3v) is 5.42. The molecule has 166 valence electrons. The van der Waals surface area contributed by atoms with Gasteiger partial charge in [0, 0.05) is 6.54 Å². The predicted molar refractivity (Wildman–Crippen MR) is 117 cm³/mol. The van der Waals surface area contributed by atoms with Gasteiger partial charge in [-0.1, -0.05) is 65.9 Å². The molecule has 8 heteroatoms. The van der Waals surface area contributed by atoms with Crippen molar-refractivity contribution in [2.45, 2.75) is 25.4 Å². The van der Waals surface area contributed by atoms with Crippen molar-refractivity contribution in [2.24, 2.45) is 0 Å². The minimum Gasteiger partial charge on any atom is -0.466 e. The van der Waals surface area contributed by atoms with Crippen LogP contribution in [0.25, 0.3) is 0 Å². The lowest BCUT2D eigenvalue weighted by Gasteiger charge is -2.34. The van der Waals surface area contributed by atoms with Gasteiger partial charge in [-0.2, -0.15) is 0 Å². The molecule has 0 radical (unpaired) electrons. The van der Waals surface area contributed by atoms with Crippen molar-refractivity contribution in [1.82, 2.24) is 19.9 Å². The number of nitrogens with zero attached hydrogens (tertiary/aromatic N) is 4. The van der Waals surface area contributed by atoms with E-state index in [4.69, 9.17) is 9.47 Å². The van der Waals surface area contributed by atoms with Gasteiger partial charge in [0.05, 0.1) is 38.5 Å². The van der Waals surface area contributed by atoms with Gasteiger partial charge in [-0.05, 0) is 18.1 Å². The minimum atomic E-state index is -0.389. The first-order valence-electron chi connectivity index (χ1n) is 10.7. The van der Waals surface area contributed by atoms with Crippen LogP contribution in [0, 0.1) is 0 Å². The summed E-state index contributed by atoms with van der Waals surface area (Å²) < 4.78 is 12.2. The van der Waals surface area contributed by atoms with Gasteiger partial charge in [0.2, 0.25) is 0 Å². The SMILES string of the molecule is CCOC(=O)C[C@@H]1COCCN1C(=O)c1cn(C(c2ccccc2)c2ccccc2)nn1. The van der Waals surface area contributed by atoms with Crippen molar-refractivity contribution in [3.8, 4) is 0 Å². The molecule has 32 heavy (non-hydrogen) atoms. The first-order chi connectivity index (χ1) is 15.7. The number of aromatic nitrogens is 3. The average Bonchev–Trinajstić information content (AvgIpc) is 3.30.